The van der Waals surface area contributed by atoms with E-state index in [4.69, 9.17) is 4.74 Å². The molecule has 0 radical (unpaired) electrons. The Morgan fingerprint density at radius 3 is 2.36 bits per heavy atom. The van der Waals surface area contributed by atoms with Gasteiger partial charge in [0, 0.05) is 19.7 Å². The van der Waals surface area contributed by atoms with E-state index >= 15 is 0 Å². The highest BCUT2D eigenvalue weighted by Gasteiger charge is 2.17. The first kappa shape index (κ1) is 9.01. The fourth-order valence-corrected chi connectivity index (χ4v) is 1.18. The molecule has 0 spiro atoms. The standard InChI is InChI=1S/C9H19NO/c1-3-8(4-2)7-11-9-5-10-6-9/h8-10H,3-7H2,1-2H3. The van der Waals surface area contributed by atoms with Crippen LogP contribution in [0.2, 0.25) is 0 Å². The summed E-state index contributed by atoms with van der Waals surface area (Å²) in [6, 6.07) is 0. The summed E-state index contributed by atoms with van der Waals surface area (Å²) in [5, 5.41) is 3.20. The van der Waals surface area contributed by atoms with E-state index in [0.717, 1.165) is 25.6 Å². The van der Waals surface area contributed by atoms with E-state index in [1.807, 2.05) is 0 Å². The highest BCUT2D eigenvalue weighted by Crippen LogP contribution is 2.10. The molecule has 0 amide bonds. The third kappa shape index (κ3) is 2.80. The van der Waals surface area contributed by atoms with Crippen molar-refractivity contribution in [2.75, 3.05) is 19.7 Å². The van der Waals surface area contributed by atoms with Gasteiger partial charge in [-0.05, 0) is 5.92 Å². The minimum atomic E-state index is 0.510. The quantitative estimate of drug-likeness (QED) is 0.651. The predicted octanol–water partition coefficient (Wildman–Crippen LogP) is 1.41. The second kappa shape index (κ2) is 4.73. The lowest BCUT2D eigenvalue weighted by atomic mass is 10.1. The van der Waals surface area contributed by atoms with E-state index in [1.54, 1.807) is 0 Å². The molecule has 1 heterocycles. The second-order valence-electron chi connectivity index (χ2n) is 3.30. The zero-order chi connectivity index (χ0) is 8.10. The van der Waals surface area contributed by atoms with Crippen molar-refractivity contribution in [3.05, 3.63) is 0 Å². The average molecular weight is 157 g/mol. The summed E-state index contributed by atoms with van der Waals surface area (Å²) < 4.78 is 5.66. The summed E-state index contributed by atoms with van der Waals surface area (Å²) in [5.41, 5.74) is 0. The topological polar surface area (TPSA) is 21.3 Å². The molecule has 11 heavy (non-hydrogen) atoms. The molecule has 2 nitrogen and oxygen atoms in total. The Labute approximate surface area is 69.3 Å². The zero-order valence-electron chi connectivity index (χ0n) is 7.60. The Balaban J connectivity index is 1.99. The smallest absolute Gasteiger partial charge is 0.0823 e. The number of rotatable bonds is 5. The van der Waals surface area contributed by atoms with Crippen molar-refractivity contribution in [2.45, 2.75) is 32.8 Å². The maximum Gasteiger partial charge on any atom is 0.0823 e. The lowest BCUT2D eigenvalue weighted by molar-refractivity contribution is -0.00193. The monoisotopic (exact) mass is 157 g/mol. The normalized spacial score (nSPS) is 18.8. The van der Waals surface area contributed by atoms with Crippen LogP contribution in [0, 0.1) is 5.92 Å². The predicted molar refractivity (Wildman–Crippen MR) is 46.7 cm³/mol. The van der Waals surface area contributed by atoms with Crippen LogP contribution in [0.5, 0.6) is 0 Å². The minimum Gasteiger partial charge on any atom is -0.375 e. The summed E-state index contributed by atoms with van der Waals surface area (Å²) in [7, 11) is 0. The van der Waals surface area contributed by atoms with Crippen molar-refractivity contribution in [3.63, 3.8) is 0 Å². The van der Waals surface area contributed by atoms with Crippen LogP contribution in [0.15, 0.2) is 0 Å². The van der Waals surface area contributed by atoms with Crippen LogP contribution in [0.3, 0.4) is 0 Å². The molecule has 0 saturated carbocycles. The van der Waals surface area contributed by atoms with Crippen LogP contribution < -0.4 is 5.32 Å². The van der Waals surface area contributed by atoms with Crippen molar-refractivity contribution >= 4 is 0 Å². The van der Waals surface area contributed by atoms with Crippen LogP contribution in [-0.2, 0) is 4.74 Å². The van der Waals surface area contributed by atoms with Crippen molar-refractivity contribution in [1.29, 1.82) is 0 Å². The summed E-state index contributed by atoms with van der Waals surface area (Å²) >= 11 is 0. The van der Waals surface area contributed by atoms with Gasteiger partial charge in [-0.1, -0.05) is 26.7 Å². The highest BCUT2D eigenvalue weighted by atomic mass is 16.5. The molecule has 1 rings (SSSR count). The Hall–Kier alpha value is -0.0800. The van der Waals surface area contributed by atoms with Gasteiger partial charge in [0.15, 0.2) is 0 Å². The van der Waals surface area contributed by atoms with Crippen molar-refractivity contribution in [1.82, 2.24) is 5.32 Å². The maximum atomic E-state index is 5.66. The first-order chi connectivity index (χ1) is 5.36. The van der Waals surface area contributed by atoms with Gasteiger partial charge in [-0.25, -0.2) is 0 Å². The summed E-state index contributed by atoms with van der Waals surface area (Å²) in [5.74, 6) is 0.774. The molecule has 1 saturated heterocycles. The summed E-state index contributed by atoms with van der Waals surface area (Å²) in [6.07, 6.45) is 3.00. The molecule has 0 aromatic carbocycles. The SMILES string of the molecule is CCC(CC)COC1CNC1. The van der Waals surface area contributed by atoms with E-state index in [2.05, 4.69) is 19.2 Å². The third-order valence-corrected chi connectivity index (χ3v) is 2.47. The van der Waals surface area contributed by atoms with E-state index in [9.17, 15) is 0 Å². The highest BCUT2D eigenvalue weighted by molar-refractivity contribution is 4.75. The number of hydrogen-bond donors (Lipinski definition) is 1. The molecule has 66 valence electrons. The first-order valence-corrected chi connectivity index (χ1v) is 4.69. The third-order valence-electron chi connectivity index (χ3n) is 2.47. The fraction of sp³-hybridized carbons (Fsp3) is 1.00. The van der Waals surface area contributed by atoms with Crippen molar-refractivity contribution in [2.24, 2.45) is 5.92 Å². The molecule has 0 bridgehead atoms. The molecule has 0 atom stereocenters. The molecule has 2 heteroatoms. The summed E-state index contributed by atoms with van der Waals surface area (Å²) in [4.78, 5) is 0. The lowest BCUT2D eigenvalue weighted by Gasteiger charge is -2.28. The van der Waals surface area contributed by atoms with Gasteiger partial charge in [0.25, 0.3) is 0 Å². The number of nitrogens with one attached hydrogen (secondary N) is 1. The molecule has 1 N–H and O–H groups in total. The fourth-order valence-electron chi connectivity index (χ4n) is 1.18. The molecule has 1 fully saturated rings. The van der Waals surface area contributed by atoms with Gasteiger partial charge in [-0.2, -0.15) is 0 Å². The van der Waals surface area contributed by atoms with E-state index in [0.29, 0.717) is 6.10 Å². The molecular weight excluding hydrogens is 138 g/mol. The molecule has 0 unspecified atom stereocenters. The molecular formula is C9H19NO. The lowest BCUT2D eigenvalue weighted by Crippen LogP contribution is -2.48. The van der Waals surface area contributed by atoms with Crippen LogP contribution in [0.25, 0.3) is 0 Å². The first-order valence-electron chi connectivity index (χ1n) is 4.69. The van der Waals surface area contributed by atoms with Crippen LogP contribution in [0.4, 0.5) is 0 Å². The Morgan fingerprint density at radius 2 is 2.00 bits per heavy atom. The largest absolute Gasteiger partial charge is 0.375 e. The van der Waals surface area contributed by atoms with E-state index < -0.39 is 0 Å². The van der Waals surface area contributed by atoms with Gasteiger partial charge in [0.05, 0.1) is 6.10 Å². The average Bonchev–Trinajstić information content (AvgIpc) is 1.95. The van der Waals surface area contributed by atoms with Crippen LogP contribution in [0.1, 0.15) is 26.7 Å². The van der Waals surface area contributed by atoms with Crippen LogP contribution >= 0.6 is 0 Å². The second-order valence-corrected chi connectivity index (χ2v) is 3.30. The van der Waals surface area contributed by atoms with E-state index in [1.165, 1.54) is 12.8 Å². The molecule has 1 aliphatic rings. The van der Waals surface area contributed by atoms with Gasteiger partial charge in [-0.3, -0.25) is 0 Å². The maximum absolute atomic E-state index is 5.66. The van der Waals surface area contributed by atoms with Gasteiger partial charge in [0.1, 0.15) is 0 Å². The van der Waals surface area contributed by atoms with E-state index in [-0.39, 0.29) is 0 Å². The Bertz CT molecular complexity index is 97.7. The van der Waals surface area contributed by atoms with Gasteiger partial charge in [0.2, 0.25) is 0 Å². The minimum absolute atomic E-state index is 0.510. The van der Waals surface area contributed by atoms with Crippen molar-refractivity contribution in [3.8, 4) is 0 Å². The zero-order valence-corrected chi connectivity index (χ0v) is 7.60. The number of hydrogen-bond acceptors (Lipinski definition) is 2. The molecule has 1 aliphatic heterocycles. The summed E-state index contributed by atoms with van der Waals surface area (Å²) in [6.45, 7) is 7.53. The van der Waals surface area contributed by atoms with Gasteiger partial charge in [-0.15, -0.1) is 0 Å². The van der Waals surface area contributed by atoms with Crippen LogP contribution in [-0.4, -0.2) is 25.8 Å². The van der Waals surface area contributed by atoms with Gasteiger partial charge < -0.3 is 10.1 Å². The Morgan fingerprint density at radius 1 is 1.36 bits per heavy atom. The molecule has 0 aromatic heterocycles. The molecule has 0 aromatic rings. The van der Waals surface area contributed by atoms with Gasteiger partial charge >= 0.3 is 0 Å². The Kier molecular flexibility index (Phi) is 3.87. The van der Waals surface area contributed by atoms with Crippen molar-refractivity contribution < 1.29 is 4.74 Å². The molecule has 0 aliphatic carbocycles. The number of ether oxygens (including phenoxy) is 1.